The van der Waals surface area contributed by atoms with Gasteiger partial charge in [0.05, 0.1) is 5.52 Å². The number of hydrogen-bond donors (Lipinski definition) is 0. The average Bonchev–Trinajstić information content (AvgIpc) is 3.24. The molecule has 4 nitrogen and oxygen atoms in total. The number of benzene rings is 1. The molecule has 1 saturated heterocycles. The lowest BCUT2D eigenvalue weighted by Gasteiger charge is -2.12. The van der Waals surface area contributed by atoms with Gasteiger partial charge in [0.15, 0.2) is 0 Å². The van der Waals surface area contributed by atoms with E-state index in [1.54, 1.807) is 0 Å². The summed E-state index contributed by atoms with van der Waals surface area (Å²) in [5, 5.41) is 1.15. The van der Waals surface area contributed by atoms with Crippen molar-refractivity contribution < 1.29 is 4.74 Å². The topological polar surface area (TPSA) is 39.9 Å². The summed E-state index contributed by atoms with van der Waals surface area (Å²) < 4.78 is 7.72. The number of aromatic nitrogens is 3. The van der Waals surface area contributed by atoms with Crippen LogP contribution in [0.5, 0.6) is 0 Å². The van der Waals surface area contributed by atoms with E-state index in [1.807, 2.05) is 24.5 Å². The van der Waals surface area contributed by atoms with Crippen molar-refractivity contribution in [3.05, 3.63) is 48.9 Å². The molecule has 2 aromatic heterocycles. The predicted molar refractivity (Wildman–Crippen MR) is 86.5 cm³/mol. The molecule has 0 radical (unpaired) electrons. The molecule has 3 aromatic rings. The molecule has 0 spiro atoms. The van der Waals surface area contributed by atoms with Gasteiger partial charge in [-0.1, -0.05) is 18.2 Å². The number of aryl methyl sites for hydroxylation is 1. The van der Waals surface area contributed by atoms with Crippen LogP contribution in [0, 0.1) is 5.92 Å². The summed E-state index contributed by atoms with van der Waals surface area (Å²) in [4.78, 5) is 9.02. The van der Waals surface area contributed by atoms with E-state index in [1.165, 1.54) is 6.42 Å². The lowest BCUT2D eigenvalue weighted by Crippen LogP contribution is -2.07. The summed E-state index contributed by atoms with van der Waals surface area (Å²) >= 11 is 0. The molecule has 1 aliphatic rings. The fraction of sp³-hybridized carbons (Fsp3) is 0.333. The predicted octanol–water partition coefficient (Wildman–Crippen LogP) is 3.52. The van der Waals surface area contributed by atoms with Crippen LogP contribution in [0.4, 0.5) is 0 Å². The number of ether oxygens (including phenoxy) is 1. The first-order valence-corrected chi connectivity index (χ1v) is 7.85. The lowest BCUT2D eigenvalue weighted by molar-refractivity contribution is 0.183. The van der Waals surface area contributed by atoms with Gasteiger partial charge in [0.25, 0.3) is 0 Å². The monoisotopic (exact) mass is 293 g/mol. The molecule has 0 N–H and O–H groups in total. The van der Waals surface area contributed by atoms with E-state index in [9.17, 15) is 0 Å². The van der Waals surface area contributed by atoms with E-state index < -0.39 is 0 Å². The quantitative estimate of drug-likeness (QED) is 0.739. The Morgan fingerprint density at radius 1 is 1.14 bits per heavy atom. The summed E-state index contributed by atoms with van der Waals surface area (Å²) in [5.41, 5.74) is 2.16. The minimum absolute atomic E-state index is 0.685. The van der Waals surface area contributed by atoms with Gasteiger partial charge < -0.3 is 9.30 Å². The first-order chi connectivity index (χ1) is 10.9. The SMILES string of the molecule is c1ccc2c(-c3nccn3CC[C@@H]3CCOC3)ccnc2c1. The van der Waals surface area contributed by atoms with Gasteiger partial charge in [-0.25, -0.2) is 4.98 Å². The number of hydrogen-bond acceptors (Lipinski definition) is 3. The maximum atomic E-state index is 5.47. The Kier molecular flexibility index (Phi) is 3.60. The lowest BCUT2D eigenvalue weighted by atomic mass is 10.0. The van der Waals surface area contributed by atoms with Crippen LogP contribution in [-0.4, -0.2) is 27.7 Å². The highest BCUT2D eigenvalue weighted by atomic mass is 16.5. The summed E-state index contributed by atoms with van der Waals surface area (Å²) in [6, 6.07) is 10.3. The van der Waals surface area contributed by atoms with Crippen LogP contribution in [0.3, 0.4) is 0 Å². The average molecular weight is 293 g/mol. The van der Waals surface area contributed by atoms with Crippen molar-refractivity contribution in [1.82, 2.24) is 14.5 Å². The van der Waals surface area contributed by atoms with Gasteiger partial charge in [-0.3, -0.25) is 4.98 Å². The van der Waals surface area contributed by atoms with Crippen LogP contribution in [0.1, 0.15) is 12.8 Å². The molecule has 0 bridgehead atoms. The molecule has 4 rings (SSSR count). The van der Waals surface area contributed by atoms with Crippen molar-refractivity contribution in [1.29, 1.82) is 0 Å². The number of rotatable bonds is 4. The van der Waals surface area contributed by atoms with E-state index in [-0.39, 0.29) is 0 Å². The van der Waals surface area contributed by atoms with Crippen LogP contribution in [0.2, 0.25) is 0 Å². The zero-order chi connectivity index (χ0) is 14.8. The van der Waals surface area contributed by atoms with Gasteiger partial charge in [-0.2, -0.15) is 0 Å². The Morgan fingerprint density at radius 3 is 3.00 bits per heavy atom. The van der Waals surface area contributed by atoms with Crippen molar-refractivity contribution in [2.75, 3.05) is 13.2 Å². The molecule has 1 fully saturated rings. The highest BCUT2D eigenvalue weighted by molar-refractivity contribution is 5.92. The van der Waals surface area contributed by atoms with E-state index in [0.29, 0.717) is 5.92 Å². The third kappa shape index (κ3) is 2.50. The molecule has 22 heavy (non-hydrogen) atoms. The smallest absolute Gasteiger partial charge is 0.140 e. The zero-order valence-corrected chi connectivity index (χ0v) is 12.5. The number of fused-ring (bicyclic) bond motifs is 1. The van der Waals surface area contributed by atoms with E-state index >= 15 is 0 Å². The molecule has 3 heterocycles. The number of para-hydroxylation sites is 1. The third-order valence-corrected chi connectivity index (χ3v) is 4.41. The maximum absolute atomic E-state index is 5.47. The second kappa shape index (κ2) is 5.89. The molecule has 4 heteroatoms. The minimum Gasteiger partial charge on any atom is -0.381 e. The maximum Gasteiger partial charge on any atom is 0.140 e. The summed E-state index contributed by atoms with van der Waals surface area (Å²) in [5.74, 6) is 1.71. The molecule has 0 saturated carbocycles. The van der Waals surface area contributed by atoms with Crippen LogP contribution in [0.25, 0.3) is 22.3 Å². The van der Waals surface area contributed by atoms with Gasteiger partial charge in [0.2, 0.25) is 0 Å². The second-order valence-corrected chi connectivity index (χ2v) is 5.84. The van der Waals surface area contributed by atoms with E-state index in [2.05, 4.69) is 38.9 Å². The standard InChI is InChI=1S/C18H19N3O/c1-2-4-17-15(3-1)16(5-8-19-17)18-20-9-11-21(18)10-6-14-7-12-22-13-14/h1-5,8-9,11,14H,6-7,10,12-13H2/t14-/m1/s1. The van der Waals surface area contributed by atoms with Crippen molar-refractivity contribution in [3.63, 3.8) is 0 Å². The molecule has 0 unspecified atom stereocenters. The van der Waals surface area contributed by atoms with Crippen molar-refractivity contribution in [2.45, 2.75) is 19.4 Å². The summed E-state index contributed by atoms with van der Waals surface area (Å²) in [6.45, 7) is 2.80. The Morgan fingerprint density at radius 2 is 2.09 bits per heavy atom. The van der Waals surface area contributed by atoms with Gasteiger partial charge >= 0.3 is 0 Å². The first-order valence-electron chi connectivity index (χ1n) is 7.85. The number of nitrogens with zero attached hydrogens (tertiary/aromatic N) is 3. The molecule has 0 amide bonds. The molecule has 1 aliphatic heterocycles. The Bertz CT molecular complexity index is 769. The summed E-state index contributed by atoms with van der Waals surface area (Å²) in [7, 11) is 0. The normalized spacial score (nSPS) is 18.1. The fourth-order valence-corrected chi connectivity index (χ4v) is 3.16. The zero-order valence-electron chi connectivity index (χ0n) is 12.5. The number of pyridine rings is 1. The number of imidazole rings is 1. The van der Waals surface area contributed by atoms with Gasteiger partial charge in [0, 0.05) is 49.3 Å². The highest BCUT2D eigenvalue weighted by Gasteiger charge is 2.16. The van der Waals surface area contributed by atoms with E-state index in [4.69, 9.17) is 4.74 Å². The molecular weight excluding hydrogens is 274 g/mol. The first kappa shape index (κ1) is 13.5. The second-order valence-electron chi connectivity index (χ2n) is 5.84. The van der Waals surface area contributed by atoms with Crippen LogP contribution in [0.15, 0.2) is 48.9 Å². The van der Waals surface area contributed by atoms with Crippen LogP contribution < -0.4 is 0 Å². The highest BCUT2D eigenvalue weighted by Crippen LogP contribution is 2.27. The largest absolute Gasteiger partial charge is 0.381 e. The van der Waals surface area contributed by atoms with E-state index in [0.717, 1.165) is 48.5 Å². The summed E-state index contributed by atoms with van der Waals surface area (Å²) in [6.07, 6.45) is 8.14. The van der Waals surface area contributed by atoms with Crippen molar-refractivity contribution in [2.24, 2.45) is 5.92 Å². The fourth-order valence-electron chi connectivity index (χ4n) is 3.16. The van der Waals surface area contributed by atoms with Crippen LogP contribution >= 0.6 is 0 Å². The molecule has 0 aliphatic carbocycles. The van der Waals surface area contributed by atoms with Gasteiger partial charge in [-0.05, 0) is 30.9 Å². The van der Waals surface area contributed by atoms with Gasteiger partial charge in [-0.15, -0.1) is 0 Å². The van der Waals surface area contributed by atoms with Crippen molar-refractivity contribution in [3.8, 4) is 11.4 Å². The Hall–Kier alpha value is -2.20. The van der Waals surface area contributed by atoms with Crippen LogP contribution in [-0.2, 0) is 11.3 Å². The van der Waals surface area contributed by atoms with Crippen molar-refractivity contribution >= 4 is 10.9 Å². The molecule has 1 atom stereocenters. The Balaban J connectivity index is 1.66. The van der Waals surface area contributed by atoms with Gasteiger partial charge in [0.1, 0.15) is 5.82 Å². The Labute approximate surface area is 129 Å². The third-order valence-electron chi connectivity index (χ3n) is 4.41. The minimum atomic E-state index is 0.685. The molecule has 1 aromatic carbocycles. The molecule has 112 valence electrons. The molecular formula is C18H19N3O.